The van der Waals surface area contributed by atoms with Gasteiger partial charge in [0.25, 0.3) is 5.91 Å². The normalized spacial score (nSPS) is 23.2. The van der Waals surface area contributed by atoms with Crippen molar-refractivity contribution in [2.24, 2.45) is 11.0 Å². The zero-order valence-electron chi connectivity index (χ0n) is 12.2. The molecule has 0 radical (unpaired) electrons. The Bertz CT molecular complexity index is 698. The Morgan fingerprint density at radius 3 is 2.73 bits per heavy atom. The molecule has 0 spiro atoms. The van der Waals surface area contributed by atoms with Gasteiger partial charge in [-0.05, 0) is 25.5 Å². The molecule has 0 bridgehead atoms. The molecule has 3 rings (SSSR count). The van der Waals surface area contributed by atoms with Crippen LogP contribution in [0.5, 0.6) is 0 Å². The lowest BCUT2D eigenvalue weighted by atomic mass is 9.99. The number of para-hydroxylation sites is 1. The van der Waals surface area contributed by atoms with Crippen molar-refractivity contribution < 1.29 is 19.1 Å². The highest BCUT2D eigenvalue weighted by Crippen LogP contribution is 2.32. The predicted octanol–water partition coefficient (Wildman–Crippen LogP) is 0.375. The summed E-state index contributed by atoms with van der Waals surface area (Å²) in [6, 6.07) is 6.26. The number of aryl methyl sites for hydroxylation is 1. The van der Waals surface area contributed by atoms with E-state index in [1.807, 2.05) is 19.1 Å². The lowest BCUT2D eigenvalue weighted by Crippen LogP contribution is -2.36. The van der Waals surface area contributed by atoms with Crippen molar-refractivity contribution in [3.8, 4) is 0 Å². The summed E-state index contributed by atoms with van der Waals surface area (Å²) in [5.74, 6) is -2.46. The van der Waals surface area contributed by atoms with Crippen molar-refractivity contribution >= 4 is 29.2 Å². The zero-order chi connectivity index (χ0) is 15.9. The lowest BCUT2D eigenvalue weighted by Gasteiger charge is -2.17. The molecule has 0 saturated carbocycles. The molecule has 114 valence electrons. The van der Waals surface area contributed by atoms with Gasteiger partial charge >= 0.3 is 5.97 Å². The van der Waals surface area contributed by atoms with Gasteiger partial charge in [-0.1, -0.05) is 18.2 Å². The van der Waals surface area contributed by atoms with Gasteiger partial charge in [-0.2, -0.15) is 5.10 Å². The summed E-state index contributed by atoms with van der Waals surface area (Å²) >= 11 is 0. The number of hydrazone groups is 1. The van der Waals surface area contributed by atoms with E-state index in [2.05, 4.69) is 10.5 Å². The first-order chi connectivity index (χ1) is 10.6. The molecule has 2 heterocycles. The van der Waals surface area contributed by atoms with Crippen LogP contribution in [0, 0.1) is 12.8 Å². The maximum absolute atomic E-state index is 12.6. The van der Waals surface area contributed by atoms with Crippen LogP contribution in [0.2, 0.25) is 0 Å². The third-order valence-electron chi connectivity index (χ3n) is 3.77. The minimum Gasteiger partial charge on any atom is -0.461 e. The highest BCUT2D eigenvalue weighted by molar-refractivity contribution is 6.46. The van der Waals surface area contributed by atoms with Gasteiger partial charge in [-0.3, -0.25) is 15.0 Å². The molecular formula is C15H15N3O4. The molecule has 0 unspecified atom stereocenters. The van der Waals surface area contributed by atoms with E-state index in [-0.39, 0.29) is 12.3 Å². The number of amides is 2. The monoisotopic (exact) mass is 301 g/mol. The van der Waals surface area contributed by atoms with Gasteiger partial charge in [0.15, 0.2) is 5.71 Å². The summed E-state index contributed by atoms with van der Waals surface area (Å²) in [7, 11) is 0. The molecule has 0 aliphatic carbocycles. The zero-order valence-corrected chi connectivity index (χ0v) is 12.2. The number of ether oxygens (including phenoxy) is 1. The number of anilines is 1. The van der Waals surface area contributed by atoms with E-state index in [0.29, 0.717) is 5.69 Å². The highest BCUT2D eigenvalue weighted by atomic mass is 16.5. The van der Waals surface area contributed by atoms with Crippen LogP contribution in [0.25, 0.3) is 0 Å². The number of esters is 1. The lowest BCUT2D eigenvalue weighted by molar-refractivity contribution is -0.136. The van der Waals surface area contributed by atoms with Crippen molar-refractivity contribution in [1.29, 1.82) is 0 Å². The van der Waals surface area contributed by atoms with Crippen LogP contribution in [0.4, 0.5) is 5.69 Å². The SMILES string of the molecule is CCOC(=O)C1=NN[C@@H]2C(=O)N(c3ccccc3C)C(=O)[C@H]12. The molecule has 1 aromatic carbocycles. The first-order valence-corrected chi connectivity index (χ1v) is 7.00. The second-order valence-corrected chi connectivity index (χ2v) is 5.10. The van der Waals surface area contributed by atoms with E-state index < -0.39 is 29.7 Å². The van der Waals surface area contributed by atoms with Gasteiger partial charge in [0.2, 0.25) is 5.91 Å². The Balaban J connectivity index is 1.95. The number of imide groups is 1. The maximum atomic E-state index is 12.6. The van der Waals surface area contributed by atoms with Crippen molar-refractivity contribution in [3.05, 3.63) is 29.8 Å². The summed E-state index contributed by atoms with van der Waals surface area (Å²) in [6.45, 7) is 3.66. The van der Waals surface area contributed by atoms with Gasteiger partial charge in [-0.25, -0.2) is 9.69 Å². The van der Waals surface area contributed by atoms with Gasteiger partial charge in [0.05, 0.1) is 12.3 Å². The predicted molar refractivity (Wildman–Crippen MR) is 78.2 cm³/mol. The summed E-state index contributed by atoms with van der Waals surface area (Å²) in [5.41, 5.74) is 3.87. The number of rotatable bonds is 3. The molecule has 2 aliphatic rings. The molecule has 1 saturated heterocycles. The van der Waals surface area contributed by atoms with Gasteiger partial charge in [0.1, 0.15) is 12.0 Å². The van der Waals surface area contributed by atoms with Crippen LogP contribution in [0.15, 0.2) is 29.4 Å². The van der Waals surface area contributed by atoms with Crippen molar-refractivity contribution in [2.75, 3.05) is 11.5 Å². The summed E-state index contributed by atoms with van der Waals surface area (Å²) in [5, 5.41) is 3.81. The van der Waals surface area contributed by atoms with Gasteiger partial charge in [0, 0.05) is 0 Å². The van der Waals surface area contributed by atoms with Gasteiger partial charge < -0.3 is 4.74 Å². The molecule has 22 heavy (non-hydrogen) atoms. The fraction of sp³-hybridized carbons (Fsp3) is 0.333. The number of hydrogen-bond acceptors (Lipinski definition) is 6. The average molecular weight is 301 g/mol. The fourth-order valence-electron chi connectivity index (χ4n) is 2.71. The summed E-state index contributed by atoms with van der Waals surface area (Å²) in [4.78, 5) is 38.1. The van der Waals surface area contributed by atoms with Crippen LogP contribution in [0.3, 0.4) is 0 Å². The van der Waals surface area contributed by atoms with Crippen LogP contribution in [-0.2, 0) is 19.1 Å². The first-order valence-electron chi connectivity index (χ1n) is 7.00. The number of nitrogens with zero attached hydrogens (tertiary/aromatic N) is 2. The van der Waals surface area contributed by atoms with E-state index in [1.54, 1.807) is 19.1 Å². The van der Waals surface area contributed by atoms with E-state index in [0.717, 1.165) is 10.5 Å². The van der Waals surface area contributed by atoms with Crippen LogP contribution < -0.4 is 10.3 Å². The number of carbonyl (C=O) groups is 3. The Hall–Kier alpha value is -2.70. The number of carbonyl (C=O) groups excluding carboxylic acids is 3. The molecule has 7 heteroatoms. The van der Waals surface area contributed by atoms with E-state index in [1.165, 1.54) is 0 Å². The highest BCUT2D eigenvalue weighted by Gasteiger charge is 2.55. The average Bonchev–Trinajstić information content (AvgIpc) is 3.02. The molecule has 2 amide bonds. The molecule has 7 nitrogen and oxygen atoms in total. The maximum Gasteiger partial charge on any atom is 0.355 e. The molecule has 1 N–H and O–H groups in total. The Labute approximate surface area is 126 Å². The van der Waals surface area contributed by atoms with Crippen LogP contribution in [-0.4, -0.2) is 36.1 Å². The molecule has 0 aromatic heterocycles. The molecule has 1 aromatic rings. The van der Waals surface area contributed by atoms with E-state index in [4.69, 9.17) is 4.74 Å². The first kappa shape index (κ1) is 14.2. The van der Waals surface area contributed by atoms with E-state index >= 15 is 0 Å². The number of hydrogen-bond donors (Lipinski definition) is 1. The fourth-order valence-corrected chi connectivity index (χ4v) is 2.71. The smallest absolute Gasteiger partial charge is 0.355 e. The third kappa shape index (κ3) is 1.97. The Kier molecular flexibility index (Phi) is 3.40. The number of nitrogens with one attached hydrogen (secondary N) is 1. The van der Waals surface area contributed by atoms with Crippen molar-refractivity contribution in [3.63, 3.8) is 0 Å². The van der Waals surface area contributed by atoms with Crippen LogP contribution >= 0.6 is 0 Å². The van der Waals surface area contributed by atoms with E-state index in [9.17, 15) is 14.4 Å². The summed E-state index contributed by atoms with van der Waals surface area (Å²) < 4.78 is 4.89. The number of fused-ring (bicyclic) bond motifs is 1. The van der Waals surface area contributed by atoms with Crippen molar-refractivity contribution in [1.82, 2.24) is 5.43 Å². The molecule has 1 fully saturated rings. The van der Waals surface area contributed by atoms with Crippen LogP contribution in [0.1, 0.15) is 12.5 Å². The van der Waals surface area contributed by atoms with Gasteiger partial charge in [-0.15, -0.1) is 0 Å². The minimum absolute atomic E-state index is 0.0405. The second-order valence-electron chi connectivity index (χ2n) is 5.10. The molecular weight excluding hydrogens is 286 g/mol. The molecule has 2 atom stereocenters. The minimum atomic E-state index is -0.925. The topological polar surface area (TPSA) is 88.1 Å². The molecule has 2 aliphatic heterocycles. The summed E-state index contributed by atoms with van der Waals surface area (Å²) in [6.07, 6.45) is 0. The third-order valence-corrected chi connectivity index (χ3v) is 3.77. The standard InChI is InChI=1S/C15H15N3O4/c1-3-22-15(21)12-10-11(16-17-12)14(20)18(13(10)19)9-7-5-4-6-8(9)2/h4-7,10-11,16H,3H2,1-2H3/t10-,11-/m0/s1. The Morgan fingerprint density at radius 1 is 1.32 bits per heavy atom. The quantitative estimate of drug-likeness (QED) is 0.644. The largest absolute Gasteiger partial charge is 0.461 e. The number of benzene rings is 1. The second kappa shape index (κ2) is 5.25. The Morgan fingerprint density at radius 2 is 2.05 bits per heavy atom. The van der Waals surface area contributed by atoms with Crippen molar-refractivity contribution in [2.45, 2.75) is 19.9 Å².